The molecule has 16 rings (SSSR count). The highest BCUT2D eigenvalue weighted by Gasteiger charge is 2.45. The van der Waals surface area contributed by atoms with Crippen LogP contribution in [-0.4, -0.2) is 226 Å². The molecule has 0 saturated carbocycles. The van der Waals surface area contributed by atoms with Crippen LogP contribution in [-0.2, 0) is 58.8 Å². The first kappa shape index (κ1) is 112. The molecule has 6 heterocycles. The lowest BCUT2D eigenvalue weighted by Crippen LogP contribution is -2.59. The Balaban J connectivity index is 0.000000224. The molecule has 4 aliphatic heterocycles. The zero-order valence-electron chi connectivity index (χ0n) is 85.2. The number of sulfonamides is 3. The van der Waals surface area contributed by atoms with Crippen molar-refractivity contribution in [3.05, 3.63) is 281 Å². The van der Waals surface area contributed by atoms with Gasteiger partial charge in [0.2, 0.25) is 10.0 Å². The van der Waals surface area contributed by atoms with Gasteiger partial charge in [0.05, 0.1) is 55.4 Å². The third kappa shape index (κ3) is 28.5. The van der Waals surface area contributed by atoms with Gasteiger partial charge in [-0.25, -0.2) is 42.8 Å². The molecule has 0 aliphatic carbocycles. The molecule has 0 spiro atoms. The summed E-state index contributed by atoms with van der Waals surface area (Å²) in [6.45, 7) is 25.9. The number of carboxylic acids is 1. The van der Waals surface area contributed by atoms with Crippen molar-refractivity contribution in [2.75, 3.05) is 168 Å². The second-order valence-corrected chi connectivity index (χ2v) is 51.4. The number of likely N-dealkylation sites (tertiary alicyclic amines) is 2. The maximum Gasteiger partial charge on any atom is 0.328 e. The van der Waals surface area contributed by atoms with E-state index in [4.69, 9.17) is 37.7 Å². The maximum atomic E-state index is 15.7. The predicted octanol–water partition coefficient (Wildman–Crippen LogP) is 20.6. The number of hydrogen-bond donors (Lipinski definition) is 8. The number of halogens is 3. The number of piperazine rings is 2. The number of aliphatic carboxylic acids is 1. The standard InChI is InChI=1S/C57H69ClN7O10PS3.C53H60ClFN6O6S3/c1-39(2)65-41(4)53(56(66)61-78(5,71)72)54(55(65)42-14-16-45(58)17-15-42)44-10-9-11-49(37-44)64-32-30-63(31-33-64)48-20-18-46(19-21-48)60-79(73,74)51-22-23-52(40(3)36-51)59-47(38-77-50-12-7-6-8-13-50)26-29-62-27-24-43(25-28-62)57(67)75-34-35-76(68,69)70;1-35(2)61-37(4)51(69(6,64)65)49(50(61)38-12-14-40(54)15-13-38)39-29-41(55)31-45(30-39)60-26-24-59(25-27-60)44-18-16-42(17-19-44)57-70(66,67)47-20-21-48(36(3)28-47)56-43(32-68-46-10-8-7-9-11-46)22-23-58-33-53(5,34-58)52(62)63/h6-23,36-37,39,43,47,59-60H,24-35,38H2,1-5H3,(H,61,66)(H2,68,69,70);7-21,28-31,35,43,56-57H,22-27,32-34H2,1-6H3,(H,62,63)/t47-;43-/m11/s1. The fourth-order valence-corrected chi connectivity index (χ4v) is 26.5. The van der Waals surface area contributed by atoms with E-state index < -0.39 is 82.7 Å². The summed E-state index contributed by atoms with van der Waals surface area (Å²) in [5.74, 6) is -1.14. The number of anilines is 8. The lowest BCUT2D eigenvalue weighted by molar-refractivity contribution is -0.158. The normalized spacial score (nSPS) is 15.5. The van der Waals surface area contributed by atoms with E-state index in [1.165, 1.54) is 18.4 Å². The SMILES string of the molecule is Cc1cc(S(=O)(=O)Nc2ccc(N3CCN(c4cc(F)cc(-c5c(S(C)(=O)=O)c(C)n(C(C)C)c5-c5ccc(Cl)cc5)c4)CC3)cc2)ccc1N[C@H](CCN1CC(C)(C(=O)O)C1)CSc1ccccc1.Cc1cc(S(=O)(=O)Nc2ccc(N3CCN(c4cccc(-c5c(C(=O)NS(C)(=O)=O)c(C)n(C(C)C)c5-c5ccc(Cl)cc5)c4)CC3)cc2)ccc1N[C@H](CCN1CCC(C(=O)OCCP(=O)(O)O)CC1)CSc1ccccc1. The zero-order valence-corrected chi connectivity index (χ0v) is 92.5. The van der Waals surface area contributed by atoms with Crippen molar-refractivity contribution >= 4 is 158 Å². The first-order valence-electron chi connectivity index (χ1n) is 49.6. The number of carboxylic acid groups (broad SMARTS) is 1. The van der Waals surface area contributed by atoms with Crippen LogP contribution in [0, 0.1) is 44.8 Å². The smallest absolute Gasteiger partial charge is 0.328 e. The Morgan fingerprint density at radius 1 is 0.497 bits per heavy atom. The summed E-state index contributed by atoms with van der Waals surface area (Å²) in [5, 5.41) is 18.0. The van der Waals surface area contributed by atoms with Gasteiger partial charge >= 0.3 is 19.5 Å². The number of rotatable bonds is 40. The fourth-order valence-electron chi connectivity index (χ4n) is 20.0. The molecular formula is C110H129Cl2FN13O16PS6. The van der Waals surface area contributed by atoms with E-state index in [9.17, 15) is 57.7 Å². The third-order valence-electron chi connectivity index (χ3n) is 27.5. The van der Waals surface area contributed by atoms with Crippen LogP contribution in [0.1, 0.15) is 105 Å². The summed E-state index contributed by atoms with van der Waals surface area (Å²) in [7, 11) is -19.7. The molecule has 29 nitrogen and oxygen atoms in total. The molecule has 2 atom stereocenters. The second kappa shape index (κ2) is 48.1. The summed E-state index contributed by atoms with van der Waals surface area (Å²) in [5.41, 5.74) is 13.7. The topological polar surface area (TPSA) is 364 Å². The van der Waals surface area contributed by atoms with Crippen molar-refractivity contribution in [2.45, 2.75) is 137 Å². The van der Waals surface area contributed by atoms with Crippen LogP contribution in [0.4, 0.5) is 49.9 Å². The highest BCUT2D eigenvalue weighted by atomic mass is 35.5. The van der Waals surface area contributed by atoms with Crippen LogP contribution in [0.3, 0.4) is 0 Å². The minimum absolute atomic E-state index is 0.0291. The van der Waals surface area contributed by atoms with Crippen LogP contribution in [0.5, 0.6) is 0 Å². The lowest BCUT2D eigenvalue weighted by Gasteiger charge is -2.45. The van der Waals surface area contributed by atoms with Gasteiger partial charge in [-0.3, -0.25) is 28.4 Å². The number of nitrogens with zero attached hydrogens (tertiary/aromatic N) is 8. The molecule has 12 aromatic rings. The van der Waals surface area contributed by atoms with Crippen LogP contribution in [0.15, 0.2) is 261 Å². The average molecular weight is 2200 g/mol. The number of amides is 1. The molecule has 792 valence electrons. The van der Waals surface area contributed by atoms with Crippen molar-refractivity contribution < 1.29 is 76.6 Å². The van der Waals surface area contributed by atoms with E-state index in [0.717, 1.165) is 115 Å². The van der Waals surface area contributed by atoms with Crippen molar-refractivity contribution in [1.29, 1.82) is 0 Å². The number of benzene rings is 10. The van der Waals surface area contributed by atoms with Crippen LogP contribution in [0.2, 0.25) is 10.0 Å². The summed E-state index contributed by atoms with van der Waals surface area (Å²) in [4.78, 5) is 72.3. The van der Waals surface area contributed by atoms with Gasteiger partial charge in [-0.15, -0.1) is 23.5 Å². The van der Waals surface area contributed by atoms with E-state index in [1.54, 1.807) is 116 Å². The Hall–Kier alpha value is -11.4. The van der Waals surface area contributed by atoms with E-state index in [0.29, 0.717) is 152 Å². The molecule has 10 aromatic carbocycles. The summed E-state index contributed by atoms with van der Waals surface area (Å²) in [6, 6.07) is 72.4. The number of sulfone groups is 1. The molecule has 2 aromatic heterocycles. The number of hydrogen-bond acceptors (Lipinski definition) is 23. The number of piperidine rings is 1. The van der Waals surface area contributed by atoms with E-state index in [2.05, 4.69) is 83.0 Å². The van der Waals surface area contributed by atoms with Crippen molar-refractivity contribution in [3.63, 3.8) is 0 Å². The number of aryl methyl sites for hydroxylation is 2. The molecule has 0 radical (unpaired) electrons. The van der Waals surface area contributed by atoms with E-state index >= 15 is 4.39 Å². The highest BCUT2D eigenvalue weighted by Crippen LogP contribution is 2.48. The summed E-state index contributed by atoms with van der Waals surface area (Å²) in [6.07, 6.45) is 4.45. The maximum absolute atomic E-state index is 15.7. The third-order valence-corrected chi connectivity index (χ3v) is 35.6. The van der Waals surface area contributed by atoms with Gasteiger partial charge in [0.15, 0.2) is 9.84 Å². The highest BCUT2D eigenvalue weighted by molar-refractivity contribution is 7.99. The molecule has 0 unspecified atom stereocenters. The fraction of sp³-hybridized carbons (Fsp3) is 0.355. The molecule has 1 amide bonds. The molecule has 4 saturated heterocycles. The molecule has 39 heteroatoms. The Morgan fingerprint density at radius 2 is 0.933 bits per heavy atom. The predicted molar refractivity (Wildman–Crippen MR) is 600 cm³/mol. The van der Waals surface area contributed by atoms with Gasteiger partial charge in [-0.1, -0.05) is 96.0 Å². The number of nitrogens with one attached hydrogen (secondary N) is 5. The molecule has 4 fully saturated rings. The Morgan fingerprint density at radius 3 is 1.37 bits per heavy atom. The summed E-state index contributed by atoms with van der Waals surface area (Å²) >= 11 is 16.0. The number of carbonyl (C=O) groups excluding carboxylic acids is 2. The number of aromatic nitrogens is 2. The average Bonchev–Trinajstić information content (AvgIpc) is 1.58. The van der Waals surface area contributed by atoms with Gasteiger partial charge in [0.1, 0.15) is 12.4 Å². The van der Waals surface area contributed by atoms with Gasteiger partial charge in [0.25, 0.3) is 26.0 Å². The van der Waals surface area contributed by atoms with Gasteiger partial charge < -0.3 is 68.8 Å². The lowest BCUT2D eigenvalue weighted by atomic mass is 9.82. The first-order valence-corrected chi connectivity index (χ1v) is 60.9. The number of thioether (sulfide) groups is 2. The van der Waals surface area contributed by atoms with Crippen LogP contribution >= 0.6 is 54.3 Å². The molecule has 8 N–H and O–H groups in total. The monoisotopic (exact) mass is 2200 g/mol. The van der Waals surface area contributed by atoms with E-state index in [-0.39, 0.29) is 56.9 Å². The van der Waals surface area contributed by atoms with Crippen molar-refractivity contribution in [3.8, 4) is 44.8 Å². The Bertz CT molecular complexity index is 7340. The van der Waals surface area contributed by atoms with Gasteiger partial charge in [0, 0.05) is 208 Å². The Kier molecular flexibility index (Phi) is 36.1. The minimum Gasteiger partial charge on any atom is -0.481 e. The van der Waals surface area contributed by atoms with Gasteiger partial charge in [-0.05, 0) is 298 Å². The Labute approximate surface area is 892 Å². The minimum atomic E-state index is -4.24. The molecule has 4 aliphatic rings. The number of ether oxygens (including phenoxy) is 1. The first-order chi connectivity index (χ1) is 70.7. The summed E-state index contributed by atoms with van der Waals surface area (Å²) < 4.78 is 151. The molecular weight excluding hydrogens is 2070 g/mol. The zero-order chi connectivity index (χ0) is 107. The van der Waals surface area contributed by atoms with Gasteiger partial charge in [-0.2, -0.15) is 0 Å². The van der Waals surface area contributed by atoms with E-state index in [1.807, 2.05) is 174 Å². The quantitative estimate of drug-likeness (QED) is 0.0100. The largest absolute Gasteiger partial charge is 0.481 e. The van der Waals surface area contributed by atoms with Crippen LogP contribution in [0.25, 0.3) is 44.8 Å². The number of carbonyl (C=O) groups is 3. The second-order valence-electron chi connectivity index (χ2n) is 39.4. The van der Waals surface area contributed by atoms with Crippen LogP contribution < -0.4 is 44.4 Å². The molecule has 0 bridgehead atoms. The van der Waals surface area contributed by atoms with Crippen molar-refractivity contribution in [2.24, 2.45) is 11.3 Å². The number of esters is 1. The van der Waals surface area contributed by atoms with Crippen molar-refractivity contribution in [1.82, 2.24) is 23.7 Å². The molecule has 149 heavy (non-hydrogen) atoms.